The first-order chi connectivity index (χ1) is 10.5. The highest BCUT2D eigenvalue weighted by Gasteiger charge is 2.04. The van der Waals surface area contributed by atoms with Crippen LogP contribution in [0.4, 0.5) is 10.5 Å². The summed E-state index contributed by atoms with van der Waals surface area (Å²) < 4.78 is 5.62. The van der Waals surface area contributed by atoms with Crippen LogP contribution < -0.4 is 15.4 Å². The van der Waals surface area contributed by atoms with Gasteiger partial charge >= 0.3 is 6.03 Å². The molecule has 0 aliphatic heterocycles. The zero-order valence-corrected chi connectivity index (χ0v) is 13.4. The van der Waals surface area contributed by atoms with Crippen LogP contribution in [0, 0.1) is 13.8 Å². The second-order valence-electron chi connectivity index (χ2n) is 5.03. The Morgan fingerprint density at radius 1 is 1.14 bits per heavy atom. The van der Waals surface area contributed by atoms with Crippen molar-refractivity contribution in [2.75, 3.05) is 18.5 Å². The van der Waals surface area contributed by atoms with Crippen LogP contribution in [0.25, 0.3) is 0 Å². The number of amides is 2. The second kappa shape index (κ2) is 7.71. The van der Waals surface area contributed by atoms with Crippen molar-refractivity contribution >= 4 is 23.3 Å². The average Bonchev–Trinajstić information content (AvgIpc) is 2.45. The number of hydrogen-bond acceptors (Lipinski definition) is 2. The van der Waals surface area contributed by atoms with E-state index in [4.69, 9.17) is 16.3 Å². The molecule has 0 heterocycles. The SMILES string of the molecule is Cc1cc(C)cc(OCCNC(=O)Nc2ccccc2Cl)c1. The van der Waals surface area contributed by atoms with Crippen molar-refractivity contribution in [1.29, 1.82) is 0 Å². The van der Waals surface area contributed by atoms with Crippen LogP contribution in [0.5, 0.6) is 5.75 Å². The van der Waals surface area contributed by atoms with E-state index in [9.17, 15) is 4.79 Å². The van der Waals surface area contributed by atoms with E-state index < -0.39 is 0 Å². The number of benzene rings is 2. The molecule has 4 nitrogen and oxygen atoms in total. The first kappa shape index (κ1) is 16.2. The lowest BCUT2D eigenvalue weighted by Crippen LogP contribution is -2.32. The molecule has 0 radical (unpaired) electrons. The molecule has 0 unspecified atom stereocenters. The Hall–Kier alpha value is -2.20. The maximum atomic E-state index is 11.7. The van der Waals surface area contributed by atoms with Crippen molar-refractivity contribution in [3.8, 4) is 5.75 Å². The quantitative estimate of drug-likeness (QED) is 0.813. The van der Waals surface area contributed by atoms with Gasteiger partial charge in [-0.1, -0.05) is 29.8 Å². The molecule has 0 aromatic heterocycles. The van der Waals surface area contributed by atoms with Gasteiger partial charge in [0.1, 0.15) is 12.4 Å². The summed E-state index contributed by atoms with van der Waals surface area (Å²) in [5.41, 5.74) is 2.88. The molecule has 0 aliphatic carbocycles. The largest absolute Gasteiger partial charge is 0.492 e. The summed E-state index contributed by atoms with van der Waals surface area (Å²) in [5, 5.41) is 5.92. The van der Waals surface area contributed by atoms with E-state index in [1.807, 2.05) is 38.1 Å². The highest BCUT2D eigenvalue weighted by atomic mass is 35.5. The minimum atomic E-state index is -0.308. The number of halogens is 1. The van der Waals surface area contributed by atoms with Crippen LogP contribution in [0.1, 0.15) is 11.1 Å². The fourth-order valence-electron chi connectivity index (χ4n) is 2.08. The third-order valence-electron chi connectivity index (χ3n) is 2.97. The Labute approximate surface area is 135 Å². The molecule has 0 atom stereocenters. The van der Waals surface area contributed by atoms with Gasteiger partial charge in [-0.25, -0.2) is 4.79 Å². The monoisotopic (exact) mass is 318 g/mol. The lowest BCUT2D eigenvalue weighted by atomic mass is 10.1. The van der Waals surface area contributed by atoms with E-state index in [1.165, 1.54) is 0 Å². The number of nitrogens with one attached hydrogen (secondary N) is 2. The molecular formula is C17H19ClN2O2. The summed E-state index contributed by atoms with van der Waals surface area (Å²) in [7, 11) is 0. The number of anilines is 1. The molecule has 116 valence electrons. The van der Waals surface area contributed by atoms with Gasteiger partial charge in [0.15, 0.2) is 0 Å². The molecule has 0 spiro atoms. The summed E-state index contributed by atoms with van der Waals surface area (Å²) in [5.74, 6) is 0.811. The normalized spacial score (nSPS) is 10.1. The molecule has 22 heavy (non-hydrogen) atoms. The number of hydrogen-bond donors (Lipinski definition) is 2. The van der Waals surface area contributed by atoms with Crippen LogP contribution >= 0.6 is 11.6 Å². The van der Waals surface area contributed by atoms with Crippen molar-refractivity contribution < 1.29 is 9.53 Å². The Morgan fingerprint density at radius 2 is 1.82 bits per heavy atom. The highest BCUT2D eigenvalue weighted by molar-refractivity contribution is 6.33. The van der Waals surface area contributed by atoms with E-state index >= 15 is 0 Å². The molecular weight excluding hydrogens is 300 g/mol. The summed E-state index contributed by atoms with van der Waals surface area (Å²) in [6, 6.07) is 12.8. The number of carbonyl (C=O) groups is 1. The smallest absolute Gasteiger partial charge is 0.319 e. The summed E-state index contributed by atoms with van der Waals surface area (Å²) in [6.07, 6.45) is 0. The van der Waals surface area contributed by atoms with Gasteiger partial charge in [0.25, 0.3) is 0 Å². The van der Waals surface area contributed by atoms with E-state index in [1.54, 1.807) is 12.1 Å². The van der Waals surface area contributed by atoms with Crippen molar-refractivity contribution in [3.05, 3.63) is 58.6 Å². The Morgan fingerprint density at radius 3 is 2.50 bits per heavy atom. The predicted molar refractivity (Wildman–Crippen MR) is 89.9 cm³/mol. The van der Waals surface area contributed by atoms with Crippen LogP contribution in [-0.2, 0) is 0 Å². The van der Waals surface area contributed by atoms with Crippen LogP contribution in [0.3, 0.4) is 0 Å². The van der Waals surface area contributed by atoms with Gasteiger partial charge in [0.05, 0.1) is 17.3 Å². The summed E-state index contributed by atoms with van der Waals surface area (Å²) >= 11 is 5.97. The molecule has 0 bridgehead atoms. The topological polar surface area (TPSA) is 50.4 Å². The fourth-order valence-corrected chi connectivity index (χ4v) is 2.26. The zero-order valence-electron chi connectivity index (χ0n) is 12.7. The van der Waals surface area contributed by atoms with Gasteiger partial charge in [-0.15, -0.1) is 0 Å². The van der Waals surface area contributed by atoms with Gasteiger partial charge in [0.2, 0.25) is 0 Å². The van der Waals surface area contributed by atoms with Gasteiger partial charge in [-0.3, -0.25) is 0 Å². The third-order valence-corrected chi connectivity index (χ3v) is 3.30. The Balaban J connectivity index is 1.74. The molecule has 0 fully saturated rings. The molecule has 2 aromatic carbocycles. The molecule has 0 saturated heterocycles. The first-order valence-electron chi connectivity index (χ1n) is 7.05. The van der Waals surface area contributed by atoms with Gasteiger partial charge in [-0.05, 0) is 49.2 Å². The maximum Gasteiger partial charge on any atom is 0.319 e. The zero-order chi connectivity index (χ0) is 15.9. The minimum Gasteiger partial charge on any atom is -0.492 e. The number of ether oxygens (including phenoxy) is 1. The number of rotatable bonds is 5. The lowest BCUT2D eigenvalue weighted by molar-refractivity contribution is 0.247. The van der Waals surface area contributed by atoms with E-state index in [-0.39, 0.29) is 6.03 Å². The number of carbonyl (C=O) groups excluding carboxylic acids is 1. The minimum absolute atomic E-state index is 0.308. The summed E-state index contributed by atoms with van der Waals surface area (Å²) in [4.78, 5) is 11.7. The van der Waals surface area contributed by atoms with E-state index in [2.05, 4.69) is 16.7 Å². The van der Waals surface area contributed by atoms with Crippen molar-refractivity contribution in [1.82, 2.24) is 5.32 Å². The Bertz CT molecular complexity index is 639. The van der Waals surface area contributed by atoms with Gasteiger partial charge < -0.3 is 15.4 Å². The highest BCUT2D eigenvalue weighted by Crippen LogP contribution is 2.20. The molecule has 0 saturated carbocycles. The van der Waals surface area contributed by atoms with Crippen LogP contribution in [-0.4, -0.2) is 19.2 Å². The Kier molecular flexibility index (Phi) is 5.67. The molecule has 0 aliphatic rings. The number of urea groups is 1. The molecule has 2 N–H and O–H groups in total. The van der Waals surface area contributed by atoms with E-state index in [0.717, 1.165) is 16.9 Å². The van der Waals surface area contributed by atoms with Crippen LogP contribution in [0.2, 0.25) is 5.02 Å². The van der Waals surface area contributed by atoms with Crippen molar-refractivity contribution in [3.63, 3.8) is 0 Å². The average molecular weight is 319 g/mol. The number of para-hydroxylation sites is 1. The molecule has 2 rings (SSSR count). The van der Waals surface area contributed by atoms with Crippen molar-refractivity contribution in [2.24, 2.45) is 0 Å². The summed E-state index contributed by atoms with van der Waals surface area (Å²) in [6.45, 7) is 4.85. The first-order valence-corrected chi connectivity index (χ1v) is 7.43. The predicted octanol–water partition coefficient (Wildman–Crippen LogP) is 4.16. The van der Waals surface area contributed by atoms with Gasteiger partial charge in [-0.2, -0.15) is 0 Å². The standard InChI is InChI=1S/C17H19ClN2O2/c1-12-9-13(2)11-14(10-12)22-8-7-19-17(21)20-16-6-4-3-5-15(16)18/h3-6,9-11H,7-8H2,1-2H3,(H2,19,20,21). The maximum absolute atomic E-state index is 11.7. The van der Waals surface area contributed by atoms with E-state index in [0.29, 0.717) is 23.9 Å². The lowest BCUT2D eigenvalue weighted by Gasteiger charge is -2.10. The molecule has 2 aromatic rings. The number of aryl methyl sites for hydroxylation is 2. The van der Waals surface area contributed by atoms with Gasteiger partial charge in [0, 0.05) is 0 Å². The fraction of sp³-hybridized carbons (Fsp3) is 0.235. The third kappa shape index (κ3) is 4.97. The van der Waals surface area contributed by atoms with Crippen molar-refractivity contribution in [2.45, 2.75) is 13.8 Å². The molecule has 2 amide bonds. The van der Waals surface area contributed by atoms with Crippen LogP contribution in [0.15, 0.2) is 42.5 Å². The molecule has 5 heteroatoms. The second-order valence-corrected chi connectivity index (χ2v) is 5.44.